The first-order valence-corrected chi connectivity index (χ1v) is 13.7. The van der Waals surface area contributed by atoms with Crippen molar-refractivity contribution in [3.63, 3.8) is 0 Å². The van der Waals surface area contributed by atoms with E-state index < -0.39 is 36.1 Å². The average molecular weight is 521 g/mol. The molecule has 1 N–H and O–H groups in total. The third-order valence-corrected chi connectivity index (χ3v) is 7.93. The van der Waals surface area contributed by atoms with Crippen molar-refractivity contribution in [3.8, 4) is 0 Å². The number of likely N-dealkylation sites (tertiary alicyclic amines) is 1. The highest BCUT2D eigenvalue weighted by Gasteiger charge is 2.52. The molecule has 0 saturated carbocycles. The van der Waals surface area contributed by atoms with Gasteiger partial charge in [-0.2, -0.15) is 0 Å². The summed E-state index contributed by atoms with van der Waals surface area (Å²) in [6, 6.07) is -0.614. The summed E-state index contributed by atoms with van der Waals surface area (Å²) in [6.45, 7) is 18.7. The number of alkyl carbamates (subject to hydrolysis) is 1. The van der Waals surface area contributed by atoms with Gasteiger partial charge in [-0.15, -0.1) is 0 Å². The van der Waals surface area contributed by atoms with Gasteiger partial charge in [0.1, 0.15) is 11.6 Å². The molecule has 0 radical (unpaired) electrons. The third kappa shape index (κ3) is 7.13. The van der Waals surface area contributed by atoms with Crippen molar-refractivity contribution in [2.24, 2.45) is 11.8 Å². The quantitative estimate of drug-likeness (QED) is 0.332. The topological polar surface area (TPSA) is 103 Å². The molecule has 2 aliphatic heterocycles. The molecule has 0 aliphatic carbocycles. The zero-order valence-electron chi connectivity index (χ0n) is 23.1. The molecule has 0 spiro atoms. The maximum atomic E-state index is 13.2. The maximum Gasteiger partial charge on any atom is 0.498 e. The predicted molar refractivity (Wildman–Crippen MR) is 141 cm³/mol. The second-order valence-corrected chi connectivity index (χ2v) is 13.0. The molecule has 1 aromatic heterocycles. The van der Waals surface area contributed by atoms with Gasteiger partial charge in [-0.3, -0.25) is 4.79 Å². The Hall–Kier alpha value is -1.85. The molecule has 0 unspecified atom stereocenters. The normalized spacial score (nSPS) is 22.1. The number of thioether (sulfide) groups is 1. The van der Waals surface area contributed by atoms with Crippen LogP contribution < -0.4 is 10.8 Å². The number of amides is 2. The summed E-state index contributed by atoms with van der Waals surface area (Å²) in [7, 11) is -0.480. The van der Waals surface area contributed by atoms with E-state index >= 15 is 0 Å². The molecule has 2 amide bonds. The Morgan fingerprint density at radius 3 is 2.31 bits per heavy atom. The molecule has 1 aromatic rings. The highest BCUT2D eigenvalue weighted by molar-refractivity contribution is 7.99. The zero-order valence-corrected chi connectivity index (χ0v) is 23.9. The van der Waals surface area contributed by atoms with Crippen LogP contribution in [0, 0.1) is 11.8 Å². The summed E-state index contributed by atoms with van der Waals surface area (Å²) in [5, 5.41) is 3.45. The van der Waals surface area contributed by atoms with Crippen molar-refractivity contribution in [1.29, 1.82) is 0 Å². The lowest BCUT2D eigenvalue weighted by Gasteiger charge is -2.32. The summed E-state index contributed by atoms with van der Waals surface area (Å²) in [5.41, 5.74) is -0.635. The van der Waals surface area contributed by atoms with E-state index in [9.17, 15) is 9.59 Å². The lowest BCUT2D eigenvalue weighted by atomic mass is 9.81. The van der Waals surface area contributed by atoms with Crippen LogP contribution in [0.4, 0.5) is 4.79 Å². The van der Waals surface area contributed by atoms with Gasteiger partial charge in [0.05, 0.1) is 11.2 Å². The average Bonchev–Trinajstić information content (AvgIpc) is 3.30. The molecular weight excluding hydrogens is 479 g/mol. The summed E-state index contributed by atoms with van der Waals surface area (Å²) >= 11 is 1.58. The van der Waals surface area contributed by atoms with Gasteiger partial charge in [0.15, 0.2) is 5.16 Å². The molecule has 36 heavy (non-hydrogen) atoms. The molecule has 3 rings (SSSR count). The molecule has 0 bridgehead atoms. The van der Waals surface area contributed by atoms with Gasteiger partial charge in [0.2, 0.25) is 5.91 Å². The van der Waals surface area contributed by atoms with Crippen LogP contribution in [0.15, 0.2) is 17.6 Å². The Bertz CT molecular complexity index is 919. The minimum Gasteiger partial charge on any atom is -0.444 e. The first kappa shape index (κ1) is 28.7. The summed E-state index contributed by atoms with van der Waals surface area (Å²) in [6.07, 6.45) is 3.86. The minimum atomic E-state index is -0.616. The first-order valence-electron chi connectivity index (χ1n) is 12.7. The first-order chi connectivity index (χ1) is 16.6. The van der Waals surface area contributed by atoms with E-state index in [4.69, 9.17) is 14.0 Å². The maximum absolute atomic E-state index is 13.2. The monoisotopic (exact) mass is 520 g/mol. The largest absolute Gasteiger partial charge is 0.498 e. The Kier molecular flexibility index (Phi) is 8.67. The molecule has 2 fully saturated rings. The van der Waals surface area contributed by atoms with E-state index in [1.54, 1.807) is 44.9 Å². The molecular formula is C25H41BN4O5S. The van der Waals surface area contributed by atoms with E-state index in [-0.39, 0.29) is 11.8 Å². The number of hydrogen-bond donors (Lipinski definition) is 1. The number of carbonyl (C=O) groups is 2. The van der Waals surface area contributed by atoms with Gasteiger partial charge in [-0.1, -0.05) is 25.6 Å². The number of carbonyl (C=O) groups excluding carboxylic acids is 2. The SMILES string of the molecule is CC(C)[C@H](NC(=O)OC(C)(C)C)C(=O)N1CC[C@@H](CSc2ncc(B3OC(C)(C)C(C)(C)O3)cn2)C1. The smallest absolute Gasteiger partial charge is 0.444 e. The van der Waals surface area contributed by atoms with Crippen molar-refractivity contribution >= 4 is 36.3 Å². The Morgan fingerprint density at radius 2 is 1.78 bits per heavy atom. The number of nitrogens with zero attached hydrogens (tertiary/aromatic N) is 3. The molecule has 2 atom stereocenters. The Morgan fingerprint density at radius 1 is 1.19 bits per heavy atom. The number of rotatable bonds is 7. The van der Waals surface area contributed by atoms with Crippen LogP contribution in [-0.4, -0.2) is 75.7 Å². The summed E-state index contributed by atoms with van der Waals surface area (Å²) < 4.78 is 17.5. The van der Waals surface area contributed by atoms with Crippen LogP contribution in [0.25, 0.3) is 0 Å². The van der Waals surface area contributed by atoms with Crippen molar-refractivity contribution in [1.82, 2.24) is 20.2 Å². The molecule has 2 aliphatic rings. The third-order valence-electron chi connectivity index (χ3n) is 6.82. The van der Waals surface area contributed by atoms with Crippen LogP contribution in [0.5, 0.6) is 0 Å². The lowest BCUT2D eigenvalue weighted by molar-refractivity contribution is -0.133. The molecule has 0 aromatic carbocycles. The van der Waals surface area contributed by atoms with Crippen LogP contribution in [0.2, 0.25) is 0 Å². The number of nitrogens with one attached hydrogen (secondary N) is 1. The number of hydrogen-bond acceptors (Lipinski definition) is 8. The van der Waals surface area contributed by atoms with Crippen molar-refractivity contribution in [2.75, 3.05) is 18.8 Å². The standard InChI is InChI=1S/C25H41BN4O5S/c1-16(2)19(29-22(32)33-23(3,4)5)20(31)30-11-10-17(14-30)15-36-21-27-12-18(13-28-21)26-34-24(6,7)25(8,9)35-26/h12-13,16-17,19H,10-11,14-15H2,1-9H3,(H,29,32)/t17-,19+/m1/s1. The molecule has 11 heteroatoms. The fourth-order valence-corrected chi connectivity index (χ4v) is 4.92. The summed E-state index contributed by atoms with van der Waals surface area (Å²) in [5.74, 6) is 1.03. The van der Waals surface area contributed by atoms with Crippen LogP contribution in [-0.2, 0) is 18.8 Å². The van der Waals surface area contributed by atoms with E-state index in [0.717, 1.165) is 17.6 Å². The van der Waals surface area contributed by atoms with Gasteiger partial charge in [-0.05, 0) is 66.7 Å². The molecule has 9 nitrogen and oxygen atoms in total. The van der Waals surface area contributed by atoms with E-state index in [1.165, 1.54) is 0 Å². The van der Waals surface area contributed by atoms with Crippen molar-refractivity contribution in [3.05, 3.63) is 12.4 Å². The highest BCUT2D eigenvalue weighted by Crippen LogP contribution is 2.36. The fraction of sp³-hybridized carbons (Fsp3) is 0.760. The lowest BCUT2D eigenvalue weighted by Crippen LogP contribution is -2.51. The molecule has 3 heterocycles. The second kappa shape index (κ2) is 10.9. The van der Waals surface area contributed by atoms with Gasteiger partial charge < -0.3 is 24.3 Å². The van der Waals surface area contributed by atoms with Crippen LogP contribution in [0.3, 0.4) is 0 Å². The summed E-state index contributed by atoms with van der Waals surface area (Å²) in [4.78, 5) is 36.3. The molecule has 2 saturated heterocycles. The van der Waals surface area contributed by atoms with Crippen LogP contribution in [0.1, 0.15) is 68.7 Å². The van der Waals surface area contributed by atoms with Gasteiger partial charge in [-0.25, -0.2) is 14.8 Å². The predicted octanol–water partition coefficient (Wildman–Crippen LogP) is 3.27. The Balaban J connectivity index is 1.50. The number of aromatic nitrogens is 2. The number of ether oxygens (including phenoxy) is 1. The highest BCUT2D eigenvalue weighted by atomic mass is 32.2. The van der Waals surface area contributed by atoms with Gasteiger partial charge in [0, 0.05) is 36.7 Å². The zero-order chi connectivity index (χ0) is 26.9. The Labute approximate surface area is 220 Å². The van der Waals surface area contributed by atoms with Crippen molar-refractivity contribution in [2.45, 2.75) is 96.7 Å². The minimum absolute atomic E-state index is 0.0469. The van der Waals surface area contributed by atoms with E-state index in [0.29, 0.717) is 24.2 Å². The van der Waals surface area contributed by atoms with Gasteiger partial charge in [0.25, 0.3) is 0 Å². The molecule has 200 valence electrons. The van der Waals surface area contributed by atoms with E-state index in [2.05, 4.69) is 15.3 Å². The van der Waals surface area contributed by atoms with Crippen molar-refractivity contribution < 1.29 is 23.6 Å². The van der Waals surface area contributed by atoms with E-state index in [1.807, 2.05) is 46.4 Å². The van der Waals surface area contributed by atoms with Gasteiger partial charge >= 0.3 is 13.2 Å². The fourth-order valence-electron chi connectivity index (χ4n) is 4.01. The second-order valence-electron chi connectivity index (χ2n) is 12.0. The van der Waals surface area contributed by atoms with Crippen LogP contribution >= 0.6 is 11.8 Å².